The second-order valence-corrected chi connectivity index (χ2v) is 4.58. The van der Waals surface area contributed by atoms with Crippen LogP contribution >= 0.6 is 0 Å². The van der Waals surface area contributed by atoms with E-state index in [0.29, 0.717) is 19.0 Å². The summed E-state index contributed by atoms with van der Waals surface area (Å²) in [7, 11) is 0. The molecular weight excluding hydrogens is 200 g/mol. The molecule has 0 aliphatic heterocycles. The average Bonchev–Trinajstić information content (AvgIpc) is 2.20. The van der Waals surface area contributed by atoms with E-state index in [9.17, 15) is 4.79 Å². The van der Waals surface area contributed by atoms with Crippen LogP contribution in [0.1, 0.15) is 40.5 Å². The van der Waals surface area contributed by atoms with Crippen molar-refractivity contribution in [1.82, 2.24) is 10.2 Å². The quantitative estimate of drug-likeness (QED) is 0.508. The molecule has 1 amide bonds. The first kappa shape index (κ1) is 15.2. The van der Waals surface area contributed by atoms with E-state index < -0.39 is 0 Å². The zero-order valence-electron chi connectivity index (χ0n) is 11.2. The summed E-state index contributed by atoms with van der Waals surface area (Å²) < 4.78 is 0. The summed E-state index contributed by atoms with van der Waals surface area (Å²) in [5.74, 6) is 0.232. The monoisotopic (exact) mass is 226 g/mol. The van der Waals surface area contributed by atoms with Crippen LogP contribution in [-0.4, -0.2) is 36.5 Å². The molecule has 0 rings (SSSR count). The van der Waals surface area contributed by atoms with Crippen LogP contribution in [-0.2, 0) is 4.79 Å². The largest absolute Gasteiger partial charge is 0.339 e. The van der Waals surface area contributed by atoms with Crippen molar-refractivity contribution in [1.29, 1.82) is 0 Å². The number of likely N-dealkylation sites (N-methyl/N-ethyl adjacent to an activating group) is 1. The summed E-state index contributed by atoms with van der Waals surface area (Å²) in [6.45, 7) is 14.4. The molecule has 0 saturated carbocycles. The molecule has 94 valence electrons. The Bertz CT molecular complexity index is 224. The molecule has 0 aromatic carbocycles. The molecule has 0 aromatic heterocycles. The zero-order valence-corrected chi connectivity index (χ0v) is 11.2. The second-order valence-electron chi connectivity index (χ2n) is 4.58. The van der Waals surface area contributed by atoms with E-state index in [1.54, 1.807) is 0 Å². The lowest BCUT2D eigenvalue weighted by Crippen LogP contribution is -2.33. The van der Waals surface area contributed by atoms with Gasteiger partial charge in [-0.2, -0.15) is 0 Å². The Hall–Kier alpha value is -0.830. The van der Waals surface area contributed by atoms with Gasteiger partial charge in [-0.05, 0) is 26.8 Å². The molecule has 1 N–H and O–H groups in total. The number of amides is 1. The summed E-state index contributed by atoms with van der Waals surface area (Å²) in [4.78, 5) is 13.7. The van der Waals surface area contributed by atoms with E-state index in [4.69, 9.17) is 0 Å². The van der Waals surface area contributed by atoms with Crippen molar-refractivity contribution in [3.63, 3.8) is 0 Å². The van der Waals surface area contributed by atoms with E-state index in [2.05, 4.69) is 25.7 Å². The molecule has 0 aromatic rings. The van der Waals surface area contributed by atoms with E-state index in [1.165, 1.54) is 0 Å². The smallest absolute Gasteiger partial charge is 0.222 e. The van der Waals surface area contributed by atoms with Crippen molar-refractivity contribution >= 4 is 5.91 Å². The van der Waals surface area contributed by atoms with E-state index in [-0.39, 0.29) is 5.91 Å². The Balaban J connectivity index is 3.80. The molecule has 0 spiro atoms. The number of carbonyl (C=O) groups is 1. The minimum atomic E-state index is 0.232. The van der Waals surface area contributed by atoms with Gasteiger partial charge in [0.1, 0.15) is 0 Å². The predicted octanol–water partition coefficient (Wildman–Crippen LogP) is 2.19. The molecule has 3 heteroatoms. The number of rotatable bonds is 8. The molecule has 0 heterocycles. The highest BCUT2D eigenvalue weighted by Gasteiger charge is 2.10. The summed E-state index contributed by atoms with van der Waals surface area (Å²) >= 11 is 0. The van der Waals surface area contributed by atoms with Crippen LogP contribution in [0.5, 0.6) is 0 Å². The van der Waals surface area contributed by atoms with Crippen LogP contribution in [0.2, 0.25) is 0 Å². The van der Waals surface area contributed by atoms with E-state index >= 15 is 0 Å². The van der Waals surface area contributed by atoms with Gasteiger partial charge in [0.05, 0.1) is 0 Å². The number of nitrogens with zero attached hydrogens (tertiary/aromatic N) is 1. The number of hydrogen-bond donors (Lipinski definition) is 1. The molecule has 3 nitrogen and oxygen atoms in total. The summed E-state index contributed by atoms with van der Waals surface area (Å²) in [6, 6.07) is 0.493. The van der Waals surface area contributed by atoms with Crippen LogP contribution in [0.4, 0.5) is 0 Å². The van der Waals surface area contributed by atoms with Gasteiger partial charge in [-0.1, -0.05) is 26.0 Å². The average molecular weight is 226 g/mol. The van der Waals surface area contributed by atoms with Gasteiger partial charge in [0.25, 0.3) is 0 Å². The highest BCUT2D eigenvalue weighted by Crippen LogP contribution is 2.01. The first-order valence-corrected chi connectivity index (χ1v) is 6.12. The predicted molar refractivity (Wildman–Crippen MR) is 69.4 cm³/mol. The van der Waals surface area contributed by atoms with E-state index in [0.717, 1.165) is 25.1 Å². The molecule has 0 unspecified atom stereocenters. The Morgan fingerprint density at radius 2 is 2.06 bits per heavy atom. The van der Waals surface area contributed by atoms with Gasteiger partial charge in [0.15, 0.2) is 0 Å². The number of hydrogen-bond acceptors (Lipinski definition) is 2. The number of carbonyl (C=O) groups excluding carboxylic acids is 1. The lowest BCUT2D eigenvalue weighted by atomic mass is 10.2. The maximum Gasteiger partial charge on any atom is 0.222 e. The first-order chi connectivity index (χ1) is 7.47. The van der Waals surface area contributed by atoms with Crippen molar-refractivity contribution < 1.29 is 4.79 Å². The van der Waals surface area contributed by atoms with Gasteiger partial charge >= 0.3 is 0 Å². The highest BCUT2D eigenvalue weighted by atomic mass is 16.2. The van der Waals surface area contributed by atoms with Crippen LogP contribution in [0.3, 0.4) is 0 Å². The Kier molecular flexibility index (Phi) is 7.90. The van der Waals surface area contributed by atoms with Gasteiger partial charge < -0.3 is 10.2 Å². The summed E-state index contributed by atoms with van der Waals surface area (Å²) in [5.41, 5.74) is 1.04. The fourth-order valence-corrected chi connectivity index (χ4v) is 1.49. The van der Waals surface area contributed by atoms with Crippen LogP contribution < -0.4 is 5.32 Å². The molecule has 16 heavy (non-hydrogen) atoms. The minimum absolute atomic E-state index is 0.232. The summed E-state index contributed by atoms with van der Waals surface area (Å²) in [5, 5.41) is 3.31. The Labute approximate surface area is 99.9 Å². The fraction of sp³-hybridized carbons (Fsp3) is 0.769. The first-order valence-electron chi connectivity index (χ1n) is 6.12. The lowest BCUT2D eigenvalue weighted by Gasteiger charge is -2.21. The normalized spacial score (nSPS) is 10.6. The lowest BCUT2D eigenvalue weighted by molar-refractivity contribution is -0.130. The Morgan fingerprint density at radius 1 is 1.44 bits per heavy atom. The van der Waals surface area contributed by atoms with Crippen molar-refractivity contribution in [2.75, 3.05) is 19.6 Å². The standard InChI is InChI=1S/C13H26N2O/c1-6-15(10-11(2)3)13(16)8-7-9-14-12(4)5/h12,14H,2,6-10H2,1,3-5H3. The molecule has 0 aliphatic carbocycles. The van der Waals surface area contributed by atoms with Gasteiger partial charge in [-0.25, -0.2) is 0 Å². The van der Waals surface area contributed by atoms with Gasteiger partial charge in [0, 0.05) is 25.6 Å². The maximum atomic E-state index is 11.8. The van der Waals surface area contributed by atoms with Gasteiger partial charge in [-0.3, -0.25) is 4.79 Å². The third kappa shape index (κ3) is 7.46. The van der Waals surface area contributed by atoms with Gasteiger partial charge in [0.2, 0.25) is 5.91 Å². The molecule has 0 aliphatic rings. The van der Waals surface area contributed by atoms with Crippen LogP contribution in [0, 0.1) is 0 Å². The van der Waals surface area contributed by atoms with Gasteiger partial charge in [-0.15, -0.1) is 0 Å². The van der Waals surface area contributed by atoms with Crippen LogP contribution in [0.15, 0.2) is 12.2 Å². The fourth-order valence-electron chi connectivity index (χ4n) is 1.49. The molecule has 0 saturated heterocycles. The molecule has 0 bridgehead atoms. The highest BCUT2D eigenvalue weighted by molar-refractivity contribution is 5.76. The van der Waals surface area contributed by atoms with Crippen molar-refractivity contribution in [2.45, 2.75) is 46.6 Å². The van der Waals surface area contributed by atoms with Crippen molar-refractivity contribution in [2.24, 2.45) is 0 Å². The maximum absolute atomic E-state index is 11.8. The molecule has 0 radical (unpaired) electrons. The SMILES string of the molecule is C=C(C)CN(CC)C(=O)CCCNC(C)C. The number of nitrogens with one attached hydrogen (secondary N) is 1. The van der Waals surface area contributed by atoms with Crippen molar-refractivity contribution in [3.8, 4) is 0 Å². The summed E-state index contributed by atoms with van der Waals surface area (Å²) in [6.07, 6.45) is 1.53. The van der Waals surface area contributed by atoms with E-state index in [1.807, 2.05) is 18.7 Å². The third-order valence-corrected chi connectivity index (χ3v) is 2.32. The Morgan fingerprint density at radius 3 is 2.50 bits per heavy atom. The van der Waals surface area contributed by atoms with Crippen molar-refractivity contribution in [3.05, 3.63) is 12.2 Å². The topological polar surface area (TPSA) is 32.3 Å². The molecule has 0 fully saturated rings. The van der Waals surface area contributed by atoms with Crippen LogP contribution in [0.25, 0.3) is 0 Å². The third-order valence-electron chi connectivity index (χ3n) is 2.32. The minimum Gasteiger partial charge on any atom is -0.339 e. The second kappa shape index (κ2) is 8.34. The molecule has 0 atom stereocenters. The molecular formula is C13H26N2O. The zero-order chi connectivity index (χ0) is 12.6.